The van der Waals surface area contributed by atoms with E-state index in [1.54, 1.807) is 32.0 Å². The Balaban J connectivity index is 2.38. The molecule has 688 valence electrons. The Bertz CT molecular complexity index is 4080. The Morgan fingerprint density at radius 3 is 1.18 bits per heavy atom. The van der Waals surface area contributed by atoms with Gasteiger partial charge in [0.05, 0.1) is 57.6 Å². The van der Waals surface area contributed by atoms with Gasteiger partial charge in [-0.2, -0.15) is 0 Å². The number of carboxylic acid groups (broad SMARTS) is 4. The second kappa shape index (κ2) is 53.6. The third-order valence-electron chi connectivity index (χ3n) is 18.1. The summed E-state index contributed by atoms with van der Waals surface area (Å²) < 4.78 is 0. The zero-order valence-corrected chi connectivity index (χ0v) is 69.0. The molecule has 49 nitrogen and oxygen atoms in total. The number of benzene rings is 2. The van der Waals surface area contributed by atoms with Crippen LogP contribution in [0.4, 0.5) is 0 Å². The number of rotatable bonds is 56. The highest BCUT2D eigenvalue weighted by molar-refractivity contribution is 6.02. The molecular formula is C75H112N18O31. The first-order chi connectivity index (χ1) is 58.0. The first-order valence-corrected chi connectivity index (χ1v) is 38.7. The van der Waals surface area contributed by atoms with Crippen LogP contribution in [0.15, 0.2) is 54.6 Å². The van der Waals surface area contributed by atoms with Crippen molar-refractivity contribution in [3.63, 3.8) is 0 Å². The van der Waals surface area contributed by atoms with Crippen LogP contribution in [0.1, 0.15) is 118 Å². The minimum Gasteiger partial charge on any atom is -0.508 e. The van der Waals surface area contributed by atoms with Crippen molar-refractivity contribution in [2.75, 3.05) is 32.9 Å². The first-order valence-electron chi connectivity index (χ1n) is 38.7. The quantitative estimate of drug-likeness (QED) is 0.0292. The van der Waals surface area contributed by atoms with Gasteiger partial charge in [0.2, 0.25) is 100 Å². The lowest BCUT2D eigenvalue weighted by atomic mass is 10.00. The Morgan fingerprint density at radius 1 is 0.347 bits per heavy atom. The van der Waals surface area contributed by atoms with Crippen molar-refractivity contribution < 1.29 is 152 Å². The number of amides is 17. The van der Waals surface area contributed by atoms with Crippen molar-refractivity contribution in [3.8, 4) is 5.75 Å². The van der Waals surface area contributed by atoms with Gasteiger partial charge in [0.1, 0.15) is 90.3 Å². The number of phenolic OH excluding ortho intramolecular Hbond substituents is 1. The maximum absolute atomic E-state index is 14.5. The number of nitrogens with one attached hydrogen (secondary N) is 16. The molecule has 0 saturated heterocycles. The lowest BCUT2D eigenvalue weighted by Crippen LogP contribution is -2.63. The monoisotopic (exact) mass is 1760 g/mol. The topological polar surface area (TPSA) is 805 Å². The zero-order chi connectivity index (χ0) is 94.1. The number of hydrogen-bond acceptors (Lipinski definition) is 28. The highest BCUT2D eigenvalue weighted by atomic mass is 16.4. The Hall–Kier alpha value is -13.1. The molecule has 49 heteroatoms. The molecule has 0 saturated carbocycles. The van der Waals surface area contributed by atoms with Gasteiger partial charge in [0.15, 0.2) is 0 Å². The molecular weight excluding hydrogens is 1650 g/mol. The minimum atomic E-state index is -2.19. The van der Waals surface area contributed by atoms with Gasteiger partial charge in [-0.05, 0) is 88.5 Å². The van der Waals surface area contributed by atoms with Gasteiger partial charge < -0.3 is 148 Å². The minimum absolute atomic E-state index is 0.227. The molecule has 124 heavy (non-hydrogen) atoms. The molecule has 0 aromatic heterocycles. The van der Waals surface area contributed by atoms with Gasteiger partial charge in [0.25, 0.3) is 0 Å². The fourth-order valence-electron chi connectivity index (χ4n) is 11.1. The summed E-state index contributed by atoms with van der Waals surface area (Å²) >= 11 is 0. The Labute approximate surface area is 708 Å². The van der Waals surface area contributed by atoms with Crippen molar-refractivity contribution in [1.29, 1.82) is 0 Å². The number of nitrogens with two attached hydrogens (primary N) is 2. The van der Waals surface area contributed by atoms with Crippen LogP contribution in [0.2, 0.25) is 0 Å². The fraction of sp³-hybridized carbons (Fsp3) is 0.560. The summed E-state index contributed by atoms with van der Waals surface area (Å²) in [6.07, 6.45) is -9.04. The smallest absolute Gasteiger partial charge is 0.325 e. The molecule has 0 aliphatic heterocycles. The number of aliphatic carboxylic acids is 4. The zero-order valence-electron chi connectivity index (χ0n) is 69.0. The summed E-state index contributed by atoms with van der Waals surface area (Å²) in [7, 11) is 0. The maximum atomic E-state index is 14.5. The molecule has 0 aliphatic carbocycles. The summed E-state index contributed by atoms with van der Waals surface area (Å²) in [6, 6.07) is -14.0. The molecule has 0 fully saturated rings. The Morgan fingerprint density at radius 2 is 0.710 bits per heavy atom. The number of carbonyl (C=O) groups excluding carboxylic acids is 17. The lowest BCUT2D eigenvalue weighted by molar-refractivity contribution is -0.142. The molecule has 2 aromatic carbocycles. The van der Waals surface area contributed by atoms with E-state index in [9.17, 15) is 142 Å². The van der Waals surface area contributed by atoms with Crippen LogP contribution in [0, 0.1) is 11.8 Å². The van der Waals surface area contributed by atoms with Crippen LogP contribution in [-0.2, 0) is 114 Å². The average Bonchev–Trinajstić information content (AvgIpc) is 0.852. The number of aliphatic hydroxyl groups excluding tert-OH is 5. The van der Waals surface area contributed by atoms with E-state index in [4.69, 9.17) is 21.7 Å². The van der Waals surface area contributed by atoms with Gasteiger partial charge in [-0.15, -0.1) is 0 Å². The van der Waals surface area contributed by atoms with Crippen molar-refractivity contribution in [1.82, 2.24) is 85.1 Å². The van der Waals surface area contributed by atoms with Crippen LogP contribution in [-0.4, -0.2) is 311 Å². The van der Waals surface area contributed by atoms with Gasteiger partial charge in [-0.3, -0.25) is 101 Å². The van der Waals surface area contributed by atoms with Crippen LogP contribution in [0.3, 0.4) is 0 Å². The molecule has 17 atom stereocenters. The van der Waals surface area contributed by atoms with E-state index in [-0.39, 0.29) is 30.6 Å². The highest BCUT2D eigenvalue weighted by Crippen LogP contribution is 2.16. The summed E-state index contributed by atoms with van der Waals surface area (Å²) in [5.74, 6) is -27.9. The van der Waals surface area contributed by atoms with Gasteiger partial charge in [0, 0.05) is 32.1 Å². The molecule has 30 N–H and O–H groups in total. The van der Waals surface area contributed by atoms with Crippen LogP contribution in [0.5, 0.6) is 5.75 Å². The molecule has 0 spiro atoms. The summed E-state index contributed by atoms with van der Waals surface area (Å²) in [4.78, 5) is 276. The molecule has 2 aromatic rings. The molecule has 2 rings (SSSR count). The van der Waals surface area contributed by atoms with Crippen molar-refractivity contribution in [2.45, 2.75) is 222 Å². The van der Waals surface area contributed by atoms with E-state index in [0.29, 0.717) is 5.56 Å². The standard InChI is InChI=1S/C75H112N18O31/c1-33(2)24-45(65(113)83-43(20-23-56(105)106)63(111)79-28-53(101)82-44(19-21-52(77)100)64(112)80-35(5)61(109)81-36(6)75(123)124)84-66(114)46(26-40-14-16-41(99)17-15-40)85-69(117)49(30-94)88-71(119)51(32-96)89-72(120)58(34(3)4)92-68(116)48(27-57(107)108)86-70(118)50(31-95)90-74(122)60(38(8)98)93-67(115)47(25-39-12-10-9-11-13-39)87-73(121)59(37(7)97)91-54(102)29-78-62(110)42(76)18-22-55(103)104/h9-17,33-38,42-51,58-60,94-99H,18-32,76H2,1-8H3,(H2,77,100)(H,78,110)(H,79,111)(H,80,112)(H,81,109)(H,82,101)(H,83,113)(H,84,114)(H,85,117)(H,86,118)(H,87,121)(H,88,119)(H,89,120)(H,90,122)(H,91,102)(H,92,116)(H,93,115)(H,103,104)(H,105,106)(H,107,108)(H,123,124)/t35-,36-,37+,38+,42-,43-,44-,45-,46-,47-,48-,49-,50-,51-,58-,59-,60-/m0/s1. The van der Waals surface area contributed by atoms with Gasteiger partial charge in [-0.25, -0.2) is 0 Å². The summed E-state index contributed by atoms with van der Waals surface area (Å²) in [5.41, 5.74) is 11.5. The SMILES string of the molecule is CC(C)C[C@H](NC(=O)[C@H](Cc1ccc(O)cc1)NC(=O)[C@H](CO)NC(=O)[C@H](CO)NC(=O)[C@@H](NC(=O)[C@H](CC(=O)O)NC(=O)[C@H](CO)NC(=O)[C@@H](NC(=O)[C@H](Cc1ccccc1)NC(=O)[C@@H](NC(=O)CNC(=O)[C@@H](N)CCC(=O)O)[C@@H](C)O)[C@@H](C)O)C(C)C)C(=O)N[C@@H](CCC(=O)O)C(=O)NCC(=O)N[C@@H](CCC(N)=O)C(=O)N[C@@H](C)C(=O)N[C@@H](C)C(=O)O. The number of carboxylic acids is 4. The van der Waals surface area contributed by atoms with Crippen molar-refractivity contribution in [2.24, 2.45) is 23.3 Å². The first kappa shape index (κ1) is 107. The van der Waals surface area contributed by atoms with E-state index in [2.05, 4.69) is 74.4 Å². The fourth-order valence-corrected chi connectivity index (χ4v) is 11.1. The molecule has 0 aliphatic rings. The molecule has 0 radical (unpaired) electrons. The third kappa shape index (κ3) is 39.2. The Kier molecular flexibility index (Phi) is 46.2. The number of primary amides is 1. The normalized spacial score (nSPS) is 15.2. The van der Waals surface area contributed by atoms with E-state index in [1.807, 2.05) is 10.6 Å². The summed E-state index contributed by atoms with van der Waals surface area (Å²) in [5, 5.41) is 136. The van der Waals surface area contributed by atoms with Crippen LogP contribution < -0.4 is 96.5 Å². The second-order valence-electron chi connectivity index (χ2n) is 29.4. The summed E-state index contributed by atoms with van der Waals surface area (Å²) in [6.45, 7) is 4.57. The predicted molar refractivity (Wildman–Crippen MR) is 425 cm³/mol. The number of aromatic hydroxyl groups is 1. The van der Waals surface area contributed by atoms with Crippen LogP contribution in [0.25, 0.3) is 0 Å². The largest absolute Gasteiger partial charge is 0.508 e. The molecule has 17 amide bonds. The number of phenols is 1. The van der Waals surface area contributed by atoms with E-state index in [0.717, 1.165) is 20.8 Å². The van der Waals surface area contributed by atoms with E-state index >= 15 is 0 Å². The molecule has 0 bridgehead atoms. The number of carbonyl (C=O) groups is 21. The van der Waals surface area contributed by atoms with Crippen molar-refractivity contribution in [3.05, 3.63) is 65.7 Å². The average molecular weight is 1760 g/mol. The van der Waals surface area contributed by atoms with Crippen LogP contribution >= 0.6 is 0 Å². The number of aliphatic hydroxyl groups is 5. The van der Waals surface area contributed by atoms with Crippen molar-refractivity contribution >= 4 is 124 Å². The highest BCUT2D eigenvalue weighted by Gasteiger charge is 2.40. The second-order valence-corrected chi connectivity index (χ2v) is 29.4. The lowest BCUT2D eigenvalue weighted by Gasteiger charge is -2.29. The van der Waals surface area contributed by atoms with Gasteiger partial charge in [-0.1, -0.05) is 70.2 Å². The van der Waals surface area contributed by atoms with Gasteiger partial charge >= 0.3 is 23.9 Å². The predicted octanol–water partition coefficient (Wildman–Crippen LogP) is -11.4. The molecule has 0 unspecified atom stereocenters. The maximum Gasteiger partial charge on any atom is 0.325 e. The number of hydrogen-bond donors (Lipinski definition) is 28. The van der Waals surface area contributed by atoms with E-state index in [1.165, 1.54) is 57.2 Å². The third-order valence-corrected chi connectivity index (χ3v) is 18.1. The molecule has 0 heterocycles. The van der Waals surface area contributed by atoms with E-state index < -0.39 is 317 Å².